The summed E-state index contributed by atoms with van der Waals surface area (Å²) in [5.41, 5.74) is 0.655. The number of hydrogen-bond donors (Lipinski definition) is 1. The smallest absolute Gasteiger partial charge is 0.230 e. The van der Waals surface area contributed by atoms with Crippen molar-refractivity contribution in [2.24, 2.45) is 0 Å². The predicted octanol–water partition coefficient (Wildman–Crippen LogP) is 2.76. The Balaban J connectivity index is 0.00000225. The van der Waals surface area contributed by atoms with Crippen molar-refractivity contribution >= 4 is 18.3 Å². The topological polar surface area (TPSA) is 50.8 Å². The maximum atomic E-state index is 13.0. The van der Waals surface area contributed by atoms with Crippen LogP contribution < -0.4 is 14.8 Å². The Bertz CT molecular complexity index is 586. The standard InChI is InChI=1S/C19H28N2O3.ClH/c1-21(2)11-5-10-20-18(22)19(8-3-4-9-19)15-6-7-16-17(14-15)24-13-12-23-16;/h6-7,14H,3-5,8-13H2,1-2H3,(H,20,22);1H. The molecule has 1 saturated carbocycles. The van der Waals surface area contributed by atoms with Crippen LogP contribution in [0.5, 0.6) is 11.5 Å². The van der Waals surface area contributed by atoms with Crippen molar-refractivity contribution in [1.82, 2.24) is 10.2 Å². The fourth-order valence-corrected chi connectivity index (χ4v) is 3.73. The first kappa shape index (κ1) is 19.9. The molecule has 0 aromatic heterocycles. The minimum atomic E-state index is -0.409. The van der Waals surface area contributed by atoms with Crippen LogP contribution in [0.1, 0.15) is 37.7 Å². The number of fused-ring (bicyclic) bond motifs is 1. The molecule has 140 valence electrons. The normalized spacial score (nSPS) is 17.9. The van der Waals surface area contributed by atoms with Gasteiger partial charge >= 0.3 is 0 Å². The van der Waals surface area contributed by atoms with Crippen LogP contribution in [0.25, 0.3) is 0 Å². The lowest BCUT2D eigenvalue weighted by atomic mass is 9.77. The van der Waals surface area contributed by atoms with Gasteiger partial charge in [-0.3, -0.25) is 4.79 Å². The molecule has 1 N–H and O–H groups in total. The number of hydrogen-bond acceptors (Lipinski definition) is 4. The summed E-state index contributed by atoms with van der Waals surface area (Å²) in [5, 5.41) is 3.16. The van der Waals surface area contributed by atoms with Gasteiger partial charge in [-0.2, -0.15) is 0 Å². The second kappa shape index (κ2) is 8.77. The first-order valence-electron chi connectivity index (χ1n) is 8.95. The van der Waals surface area contributed by atoms with E-state index in [0.29, 0.717) is 13.2 Å². The fraction of sp³-hybridized carbons (Fsp3) is 0.632. The quantitative estimate of drug-likeness (QED) is 0.784. The van der Waals surface area contributed by atoms with Gasteiger partial charge in [-0.1, -0.05) is 18.9 Å². The van der Waals surface area contributed by atoms with Gasteiger partial charge in [0.15, 0.2) is 11.5 Å². The van der Waals surface area contributed by atoms with Crippen LogP contribution in [0.15, 0.2) is 18.2 Å². The number of nitrogens with one attached hydrogen (secondary N) is 1. The van der Waals surface area contributed by atoms with E-state index in [1.54, 1.807) is 0 Å². The summed E-state index contributed by atoms with van der Waals surface area (Å²) in [6.07, 6.45) is 4.98. The molecule has 1 aromatic carbocycles. The molecular weight excluding hydrogens is 340 g/mol. The number of carbonyl (C=O) groups is 1. The van der Waals surface area contributed by atoms with Gasteiger partial charge in [0, 0.05) is 6.54 Å². The molecule has 1 aliphatic heterocycles. The second-order valence-corrected chi connectivity index (χ2v) is 7.06. The molecular formula is C19H29ClN2O3. The minimum Gasteiger partial charge on any atom is -0.486 e. The SMILES string of the molecule is CN(C)CCCNC(=O)C1(c2ccc3c(c2)OCCO3)CCCC1.Cl. The predicted molar refractivity (Wildman–Crippen MR) is 101 cm³/mol. The average molecular weight is 369 g/mol. The van der Waals surface area contributed by atoms with Crippen LogP contribution >= 0.6 is 12.4 Å². The van der Waals surface area contributed by atoms with Crippen molar-refractivity contribution in [2.45, 2.75) is 37.5 Å². The Morgan fingerprint density at radius 3 is 2.52 bits per heavy atom. The van der Waals surface area contributed by atoms with Crippen LogP contribution in [0, 0.1) is 0 Å². The van der Waals surface area contributed by atoms with Gasteiger partial charge in [0.2, 0.25) is 5.91 Å². The maximum absolute atomic E-state index is 13.0. The van der Waals surface area contributed by atoms with Crippen molar-refractivity contribution in [3.63, 3.8) is 0 Å². The van der Waals surface area contributed by atoms with Gasteiger partial charge in [-0.15, -0.1) is 12.4 Å². The number of rotatable bonds is 6. The Labute approximate surface area is 156 Å². The number of benzene rings is 1. The van der Waals surface area contributed by atoms with Crippen molar-refractivity contribution in [1.29, 1.82) is 0 Å². The Kier molecular flexibility index (Phi) is 6.96. The highest BCUT2D eigenvalue weighted by Gasteiger charge is 2.43. The molecule has 25 heavy (non-hydrogen) atoms. The molecule has 0 unspecified atom stereocenters. The van der Waals surface area contributed by atoms with Gasteiger partial charge in [-0.05, 0) is 57.6 Å². The van der Waals surface area contributed by atoms with E-state index in [0.717, 1.165) is 62.3 Å². The summed E-state index contributed by atoms with van der Waals surface area (Å²) in [4.78, 5) is 15.1. The number of nitrogens with zero attached hydrogens (tertiary/aromatic N) is 1. The lowest BCUT2D eigenvalue weighted by Gasteiger charge is -2.30. The van der Waals surface area contributed by atoms with Crippen molar-refractivity contribution < 1.29 is 14.3 Å². The number of halogens is 1. The summed E-state index contributed by atoms with van der Waals surface area (Å²) in [5.74, 6) is 1.71. The van der Waals surface area contributed by atoms with Crippen LogP contribution in [0.3, 0.4) is 0 Å². The van der Waals surface area contributed by atoms with Crippen molar-refractivity contribution in [3.8, 4) is 11.5 Å². The molecule has 0 bridgehead atoms. The highest BCUT2D eigenvalue weighted by atomic mass is 35.5. The highest BCUT2D eigenvalue weighted by molar-refractivity contribution is 5.88. The number of ether oxygens (including phenoxy) is 2. The average Bonchev–Trinajstić information content (AvgIpc) is 3.09. The minimum absolute atomic E-state index is 0. The summed E-state index contributed by atoms with van der Waals surface area (Å²) < 4.78 is 11.3. The number of carbonyl (C=O) groups excluding carboxylic acids is 1. The fourth-order valence-electron chi connectivity index (χ4n) is 3.73. The van der Waals surface area contributed by atoms with E-state index in [4.69, 9.17) is 9.47 Å². The molecule has 0 spiro atoms. The Hall–Kier alpha value is -1.46. The largest absolute Gasteiger partial charge is 0.486 e. The molecule has 1 amide bonds. The van der Waals surface area contributed by atoms with E-state index in [9.17, 15) is 4.79 Å². The van der Waals surface area contributed by atoms with Gasteiger partial charge in [0.05, 0.1) is 5.41 Å². The molecule has 1 aromatic rings. The summed E-state index contributed by atoms with van der Waals surface area (Å²) >= 11 is 0. The number of amides is 1. The zero-order valence-electron chi connectivity index (χ0n) is 15.2. The van der Waals surface area contributed by atoms with Crippen LogP contribution in [-0.4, -0.2) is 51.2 Å². The Morgan fingerprint density at radius 1 is 1.16 bits per heavy atom. The third-order valence-electron chi connectivity index (χ3n) is 5.05. The van der Waals surface area contributed by atoms with Crippen molar-refractivity contribution in [3.05, 3.63) is 23.8 Å². The molecule has 1 fully saturated rings. The lowest BCUT2D eigenvalue weighted by Crippen LogP contribution is -2.43. The molecule has 0 saturated heterocycles. The van der Waals surface area contributed by atoms with Gasteiger partial charge in [0.1, 0.15) is 13.2 Å². The summed E-state index contributed by atoms with van der Waals surface area (Å²) in [6, 6.07) is 6.00. The van der Waals surface area contributed by atoms with Gasteiger partial charge < -0.3 is 19.7 Å². The monoisotopic (exact) mass is 368 g/mol. The molecule has 3 rings (SSSR count). The van der Waals surface area contributed by atoms with Crippen molar-refractivity contribution in [2.75, 3.05) is 40.4 Å². The van der Waals surface area contributed by atoms with E-state index >= 15 is 0 Å². The Morgan fingerprint density at radius 2 is 1.84 bits per heavy atom. The van der Waals surface area contributed by atoms with Gasteiger partial charge in [0.25, 0.3) is 0 Å². The van der Waals surface area contributed by atoms with E-state index in [-0.39, 0.29) is 18.3 Å². The first-order valence-corrected chi connectivity index (χ1v) is 8.95. The third-order valence-corrected chi connectivity index (χ3v) is 5.05. The second-order valence-electron chi connectivity index (χ2n) is 7.06. The third kappa shape index (κ3) is 4.39. The van der Waals surface area contributed by atoms with Crippen LogP contribution in [0.2, 0.25) is 0 Å². The van der Waals surface area contributed by atoms with E-state index in [1.807, 2.05) is 18.2 Å². The zero-order valence-corrected chi connectivity index (χ0v) is 16.0. The molecule has 2 aliphatic rings. The van der Waals surface area contributed by atoms with E-state index < -0.39 is 5.41 Å². The molecule has 1 heterocycles. The maximum Gasteiger partial charge on any atom is 0.230 e. The summed E-state index contributed by atoms with van der Waals surface area (Å²) in [7, 11) is 4.10. The van der Waals surface area contributed by atoms with Crippen LogP contribution in [0.4, 0.5) is 0 Å². The molecule has 0 atom stereocenters. The highest BCUT2D eigenvalue weighted by Crippen LogP contribution is 2.44. The molecule has 1 aliphatic carbocycles. The molecule has 0 radical (unpaired) electrons. The van der Waals surface area contributed by atoms with E-state index in [1.165, 1.54) is 0 Å². The van der Waals surface area contributed by atoms with Crippen LogP contribution in [-0.2, 0) is 10.2 Å². The van der Waals surface area contributed by atoms with E-state index in [2.05, 4.69) is 24.3 Å². The lowest BCUT2D eigenvalue weighted by molar-refractivity contribution is -0.126. The summed E-state index contributed by atoms with van der Waals surface area (Å²) in [6.45, 7) is 2.87. The first-order chi connectivity index (χ1) is 11.6. The molecule has 6 heteroatoms. The zero-order chi connectivity index (χ0) is 17.0. The van der Waals surface area contributed by atoms with Gasteiger partial charge in [-0.25, -0.2) is 0 Å². The molecule has 5 nitrogen and oxygen atoms in total.